The summed E-state index contributed by atoms with van der Waals surface area (Å²) in [7, 11) is 1.85. The Bertz CT molecular complexity index is 884. The van der Waals surface area contributed by atoms with Gasteiger partial charge in [0, 0.05) is 63.5 Å². The highest BCUT2D eigenvalue weighted by atomic mass is 16.5. The molecule has 7 nitrogen and oxygen atoms in total. The largest absolute Gasteiger partial charge is 0.484 e. The van der Waals surface area contributed by atoms with Crippen molar-refractivity contribution < 1.29 is 14.3 Å². The monoisotopic (exact) mass is 410 g/mol. The fraction of sp³-hybridized carbons (Fsp3) is 0.522. The van der Waals surface area contributed by atoms with Gasteiger partial charge in [-0.2, -0.15) is 0 Å². The van der Waals surface area contributed by atoms with Crippen molar-refractivity contribution >= 4 is 11.8 Å². The minimum atomic E-state index is 0.0533. The van der Waals surface area contributed by atoms with E-state index < -0.39 is 0 Å². The second kappa shape index (κ2) is 8.90. The van der Waals surface area contributed by atoms with E-state index in [1.807, 2.05) is 42.4 Å². The van der Waals surface area contributed by atoms with Gasteiger partial charge in [0.1, 0.15) is 11.6 Å². The average Bonchev–Trinajstić information content (AvgIpc) is 3.33. The van der Waals surface area contributed by atoms with Gasteiger partial charge in [-0.1, -0.05) is 6.92 Å². The zero-order valence-electron chi connectivity index (χ0n) is 17.8. The van der Waals surface area contributed by atoms with Crippen molar-refractivity contribution in [1.82, 2.24) is 19.4 Å². The highest BCUT2D eigenvalue weighted by Crippen LogP contribution is 2.25. The van der Waals surface area contributed by atoms with Gasteiger partial charge >= 0.3 is 0 Å². The maximum Gasteiger partial charge on any atom is 0.260 e. The second-order valence-corrected chi connectivity index (χ2v) is 8.62. The number of piperidine rings is 1. The van der Waals surface area contributed by atoms with Crippen molar-refractivity contribution in [3.05, 3.63) is 36.7 Å². The van der Waals surface area contributed by atoms with Crippen LogP contribution in [-0.4, -0.2) is 64.5 Å². The van der Waals surface area contributed by atoms with Crippen molar-refractivity contribution in [3.8, 4) is 17.1 Å². The fourth-order valence-corrected chi connectivity index (χ4v) is 4.27. The molecule has 0 saturated carbocycles. The highest BCUT2D eigenvalue weighted by molar-refractivity contribution is 5.78. The Morgan fingerprint density at radius 3 is 2.60 bits per heavy atom. The number of amides is 2. The maximum absolute atomic E-state index is 12.3. The first-order chi connectivity index (χ1) is 14.5. The summed E-state index contributed by atoms with van der Waals surface area (Å²) in [5.74, 6) is 2.82. The van der Waals surface area contributed by atoms with Crippen molar-refractivity contribution in [3.63, 3.8) is 0 Å². The Kier molecular flexibility index (Phi) is 6.06. The molecule has 0 spiro atoms. The van der Waals surface area contributed by atoms with Gasteiger partial charge < -0.3 is 19.1 Å². The number of carbonyl (C=O) groups excluding carboxylic acids is 2. The molecular weight excluding hydrogens is 380 g/mol. The Morgan fingerprint density at radius 2 is 1.93 bits per heavy atom. The van der Waals surface area contributed by atoms with E-state index in [0.29, 0.717) is 24.0 Å². The first-order valence-corrected chi connectivity index (χ1v) is 10.8. The van der Waals surface area contributed by atoms with Crippen LogP contribution in [0.4, 0.5) is 0 Å². The Balaban J connectivity index is 1.33. The van der Waals surface area contributed by atoms with E-state index in [4.69, 9.17) is 4.74 Å². The van der Waals surface area contributed by atoms with Gasteiger partial charge in [0.15, 0.2) is 6.61 Å². The Hall–Kier alpha value is -2.83. The summed E-state index contributed by atoms with van der Waals surface area (Å²) in [6.45, 7) is 5.52. The smallest absolute Gasteiger partial charge is 0.260 e. The quantitative estimate of drug-likeness (QED) is 0.734. The molecule has 0 bridgehead atoms. The molecular formula is C23H30N4O3. The SMILES string of the molecule is CC1CCN(C(=O)COc2ccc(-c3nccn3CC3CC(=O)N(C)C3)cc2)CC1. The lowest BCUT2D eigenvalue weighted by atomic mass is 9.99. The number of rotatable bonds is 6. The summed E-state index contributed by atoms with van der Waals surface area (Å²) < 4.78 is 7.83. The molecule has 4 rings (SSSR count). The number of carbonyl (C=O) groups is 2. The summed E-state index contributed by atoms with van der Waals surface area (Å²) in [6.07, 6.45) is 6.47. The van der Waals surface area contributed by atoms with Crippen LogP contribution in [0, 0.1) is 11.8 Å². The molecule has 0 aliphatic carbocycles. The number of benzene rings is 1. The van der Waals surface area contributed by atoms with E-state index in [-0.39, 0.29) is 18.4 Å². The van der Waals surface area contributed by atoms with E-state index in [1.165, 1.54) is 0 Å². The zero-order valence-corrected chi connectivity index (χ0v) is 17.8. The van der Waals surface area contributed by atoms with Crippen LogP contribution in [0.5, 0.6) is 5.75 Å². The Morgan fingerprint density at radius 1 is 1.20 bits per heavy atom. The van der Waals surface area contributed by atoms with Crippen molar-refractivity contribution in [2.75, 3.05) is 33.3 Å². The standard InChI is InChI=1S/C23H30N4O3/c1-17-7-10-26(11-8-17)22(29)16-30-20-5-3-19(4-6-20)23-24-9-12-27(23)15-18-13-21(28)25(2)14-18/h3-6,9,12,17-18H,7-8,10-11,13-16H2,1-2H3. The van der Waals surface area contributed by atoms with E-state index in [1.54, 1.807) is 11.1 Å². The molecule has 1 unspecified atom stereocenters. The third-order valence-corrected chi connectivity index (χ3v) is 6.20. The van der Waals surface area contributed by atoms with E-state index in [0.717, 1.165) is 50.4 Å². The molecule has 2 aliphatic rings. The topological polar surface area (TPSA) is 67.7 Å². The number of aromatic nitrogens is 2. The molecule has 2 aliphatic heterocycles. The van der Waals surface area contributed by atoms with E-state index in [9.17, 15) is 9.59 Å². The van der Waals surface area contributed by atoms with Crippen molar-refractivity contribution in [1.29, 1.82) is 0 Å². The summed E-state index contributed by atoms with van der Waals surface area (Å²) in [6, 6.07) is 7.69. The third kappa shape index (κ3) is 4.66. The predicted molar refractivity (Wildman–Crippen MR) is 114 cm³/mol. The number of ether oxygens (including phenoxy) is 1. The lowest BCUT2D eigenvalue weighted by Gasteiger charge is -2.30. The molecule has 3 heterocycles. The summed E-state index contributed by atoms with van der Waals surface area (Å²) in [5, 5.41) is 0. The second-order valence-electron chi connectivity index (χ2n) is 8.62. The zero-order chi connectivity index (χ0) is 21.1. The summed E-state index contributed by atoms with van der Waals surface area (Å²) in [4.78, 5) is 32.3. The van der Waals surface area contributed by atoms with Gasteiger partial charge in [0.05, 0.1) is 0 Å². The average molecular weight is 411 g/mol. The number of hydrogen-bond acceptors (Lipinski definition) is 4. The van der Waals surface area contributed by atoms with Crippen LogP contribution in [0.25, 0.3) is 11.4 Å². The molecule has 2 amide bonds. The normalized spacial score (nSPS) is 20.1. The minimum absolute atomic E-state index is 0.0533. The number of likely N-dealkylation sites (tertiary alicyclic amines) is 2. The molecule has 2 saturated heterocycles. The first kappa shape index (κ1) is 20.4. The molecule has 0 N–H and O–H groups in total. The van der Waals surface area contributed by atoms with Gasteiger partial charge in [0.2, 0.25) is 5.91 Å². The highest BCUT2D eigenvalue weighted by Gasteiger charge is 2.27. The van der Waals surface area contributed by atoms with Crippen LogP contribution in [0.1, 0.15) is 26.2 Å². The molecule has 2 aromatic rings. The molecule has 1 atom stereocenters. The van der Waals surface area contributed by atoms with Gasteiger partial charge in [-0.05, 0) is 43.0 Å². The van der Waals surface area contributed by atoms with Gasteiger partial charge in [-0.3, -0.25) is 9.59 Å². The Labute approximate surface area is 177 Å². The van der Waals surface area contributed by atoms with Crippen LogP contribution in [-0.2, 0) is 16.1 Å². The van der Waals surface area contributed by atoms with Crippen LogP contribution < -0.4 is 4.74 Å². The van der Waals surface area contributed by atoms with Crippen molar-refractivity contribution in [2.24, 2.45) is 11.8 Å². The van der Waals surface area contributed by atoms with Crippen LogP contribution in [0.3, 0.4) is 0 Å². The number of hydrogen-bond donors (Lipinski definition) is 0. The lowest BCUT2D eigenvalue weighted by molar-refractivity contribution is -0.134. The maximum atomic E-state index is 12.3. The molecule has 1 aromatic carbocycles. The van der Waals surface area contributed by atoms with Gasteiger partial charge in [-0.25, -0.2) is 4.98 Å². The lowest BCUT2D eigenvalue weighted by Crippen LogP contribution is -2.40. The number of imidazole rings is 1. The van der Waals surface area contributed by atoms with Gasteiger partial charge in [-0.15, -0.1) is 0 Å². The van der Waals surface area contributed by atoms with E-state index in [2.05, 4.69) is 16.5 Å². The molecule has 30 heavy (non-hydrogen) atoms. The fourth-order valence-electron chi connectivity index (χ4n) is 4.27. The molecule has 1 aromatic heterocycles. The first-order valence-electron chi connectivity index (χ1n) is 10.8. The predicted octanol–water partition coefficient (Wildman–Crippen LogP) is 2.67. The van der Waals surface area contributed by atoms with Crippen molar-refractivity contribution in [2.45, 2.75) is 32.7 Å². The molecule has 160 valence electrons. The number of nitrogens with zero attached hydrogens (tertiary/aromatic N) is 4. The molecule has 0 radical (unpaired) electrons. The van der Waals surface area contributed by atoms with Crippen LogP contribution >= 0.6 is 0 Å². The molecule has 2 fully saturated rings. The minimum Gasteiger partial charge on any atom is -0.484 e. The van der Waals surface area contributed by atoms with Crippen LogP contribution in [0.2, 0.25) is 0 Å². The third-order valence-electron chi connectivity index (χ3n) is 6.20. The van der Waals surface area contributed by atoms with Crippen LogP contribution in [0.15, 0.2) is 36.7 Å². The summed E-state index contributed by atoms with van der Waals surface area (Å²) >= 11 is 0. The van der Waals surface area contributed by atoms with E-state index >= 15 is 0 Å². The summed E-state index contributed by atoms with van der Waals surface area (Å²) in [5.41, 5.74) is 0.987. The molecule has 7 heteroatoms. The van der Waals surface area contributed by atoms with Gasteiger partial charge in [0.25, 0.3) is 5.91 Å².